The van der Waals surface area contributed by atoms with Gasteiger partial charge in [-0.15, -0.1) is 0 Å². The third-order valence-corrected chi connectivity index (χ3v) is 4.00. The molecule has 0 saturated heterocycles. The van der Waals surface area contributed by atoms with E-state index in [1.54, 1.807) is 0 Å². The Morgan fingerprint density at radius 2 is 1.94 bits per heavy atom. The quantitative estimate of drug-likeness (QED) is 0.654. The summed E-state index contributed by atoms with van der Waals surface area (Å²) >= 11 is 0. The van der Waals surface area contributed by atoms with Crippen LogP contribution in [0.4, 0.5) is 0 Å². The molecular formula is C15H30N2O. The summed E-state index contributed by atoms with van der Waals surface area (Å²) in [5.74, 6) is 0.949. The van der Waals surface area contributed by atoms with Gasteiger partial charge < -0.3 is 10.6 Å². The van der Waals surface area contributed by atoms with Crippen molar-refractivity contribution in [2.75, 3.05) is 20.1 Å². The summed E-state index contributed by atoms with van der Waals surface area (Å²) in [6.07, 6.45) is 8.09. The molecule has 0 radical (unpaired) electrons. The molecule has 1 rings (SSSR count). The van der Waals surface area contributed by atoms with Crippen molar-refractivity contribution < 1.29 is 4.79 Å². The first kappa shape index (κ1) is 15.5. The Kier molecular flexibility index (Phi) is 6.69. The van der Waals surface area contributed by atoms with E-state index in [-0.39, 0.29) is 5.91 Å². The van der Waals surface area contributed by atoms with E-state index in [1.807, 2.05) is 7.05 Å². The van der Waals surface area contributed by atoms with E-state index in [2.05, 4.69) is 24.5 Å². The third-order valence-electron chi connectivity index (χ3n) is 4.00. The Hall–Kier alpha value is -0.570. The Labute approximate surface area is 112 Å². The highest BCUT2D eigenvalue weighted by Crippen LogP contribution is 2.42. The minimum absolute atomic E-state index is 0.222. The second-order valence-electron chi connectivity index (χ2n) is 6.29. The summed E-state index contributed by atoms with van der Waals surface area (Å²) in [7, 11) is 1.92. The van der Waals surface area contributed by atoms with E-state index < -0.39 is 0 Å². The molecule has 0 spiro atoms. The predicted octanol–water partition coefficient (Wildman–Crippen LogP) is 2.71. The molecule has 1 aliphatic rings. The molecule has 1 saturated carbocycles. The molecule has 2 N–H and O–H groups in total. The highest BCUT2D eigenvalue weighted by molar-refractivity contribution is 5.75. The van der Waals surface area contributed by atoms with Crippen LogP contribution in [0.1, 0.15) is 58.8 Å². The second kappa shape index (κ2) is 7.78. The van der Waals surface area contributed by atoms with E-state index in [0.717, 1.165) is 25.4 Å². The number of amides is 1. The molecule has 0 aliphatic heterocycles. The average molecular weight is 254 g/mol. The highest BCUT2D eigenvalue weighted by Gasteiger charge is 2.34. The van der Waals surface area contributed by atoms with Gasteiger partial charge in [-0.3, -0.25) is 4.79 Å². The second-order valence-corrected chi connectivity index (χ2v) is 6.29. The summed E-state index contributed by atoms with van der Waals surface area (Å²) in [5, 5.41) is 6.24. The van der Waals surface area contributed by atoms with Gasteiger partial charge in [-0.05, 0) is 50.6 Å². The van der Waals surface area contributed by atoms with Crippen LogP contribution in [0.25, 0.3) is 0 Å². The molecule has 106 valence electrons. The number of carbonyl (C=O) groups is 1. The minimum Gasteiger partial charge on any atom is -0.356 e. The monoisotopic (exact) mass is 254 g/mol. The van der Waals surface area contributed by atoms with Crippen LogP contribution in [-0.2, 0) is 4.79 Å². The van der Waals surface area contributed by atoms with Gasteiger partial charge in [-0.25, -0.2) is 0 Å². The van der Waals surface area contributed by atoms with Crippen LogP contribution in [0.5, 0.6) is 0 Å². The molecular weight excluding hydrogens is 224 g/mol. The minimum atomic E-state index is 0.222. The number of rotatable bonds is 8. The fraction of sp³-hybridized carbons (Fsp3) is 0.933. The van der Waals surface area contributed by atoms with Crippen molar-refractivity contribution in [1.29, 1.82) is 0 Å². The largest absolute Gasteiger partial charge is 0.356 e. The first-order chi connectivity index (χ1) is 8.58. The SMILES string of the molecule is CNCCCC(=O)NCC1(CC(C)C)CCCC1. The molecule has 0 aromatic heterocycles. The zero-order valence-electron chi connectivity index (χ0n) is 12.3. The van der Waals surface area contributed by atoms with Crippen LogP contribution in [0.15, 0.2) is 0 Å². The normalized spacial score (nSPS) is 18.2. The maximum Gasteiger partial charge on any atom is 0.220 e. The molecule has 3 nitrogen and oxygen atoms in total. The Bertz CT molecular complexity index is 245. The maximum absolute atomic E-state index is 11.8. The lowest BCUT2D eigenvalue weighted by Crippen LogP contribution is -2.37. The molecule has 0 aromatic rings. The van der Waals surface area contributed by atoms with Crippen LogP contribution in [0.3, 0.4) is 0 Å². The third kappa shape index (κ3) is 5.38. The van der Waals surface area contributed by atoms with Crippen molar-refractivity contribution in [3.8, 4) is 0 Å². The van der Waals surface area contributed by atoms with Crippen molar-refractivity contribution in [3.63, 3.8) is 0 Å². The number of carbonyl (C=O) groups excluding carboxylic acids is 1. The molecule has 0 heterocycles. The number of nitrogens with one attached hydrogen (secondary N) is 2. The van der Waals surface area contributed by atoms with Gasteiger partial charge in [-0.1, -0.05) is 26.7 Å². The Morgan fingerprint density at radius 3 is 2.50 bits per heavy atom. The highest BCUT2D eigenvalue weighted by atomic mass is 16.1. The molecule has 0 aromatic carbocycles. The van der Waals surface area contributed by atoms with Gasteiger partial charge >= 0.3 is 0 Å². The molecule has 0 bridgehead atoms. The molecule has 0 unspecified atom stereocenters. The van der Waals surface area contributed by atoms with E-state index in [4.69, 9.17) is 0 Å². The van der Waals surface area contributed by atoms with Crippen LogP contribution < -0.4 is 10.6 Å². The molecule has 1 aliphatic carbocycles. The van der Waals surface area contributed by atoms with Crippen molar-refractivity contribution >= 4 is 5.91 Å². The van der Waals surface area contributed by atoms with Gasteiger partial charge in [-0.2, -0.15) is 0 Å². The Balaban J connectivity index is 2.31. The number of hydrogen-bond donors (Lipinski definition) is 2. The van der Waals surface area contributed by atoms with Crippen molar-refractivity contribution in [1.82, 2.24) is 10.6 Å². The first-order valence-electron chi connectivity index (χ1n) is 7.49. The van der Waals surface area contributed by atoms with Crippen molar-refractivity contribution in [3.05, 3.63) is 0 Å². The summed E-state index contributed by atoms with van der Waals surface area (Å²) in [6.45, 7) is 6.39. The van der Waals surface area contributed by atoms with E-state index in [1.165, 1.54) is 32.1 Å². The van der Waals surface area contributed by atoms with Gasteiger partial charge in [0, 0.05) is 13.0 Å². The molecule has 1 amide bonds. The van der Waals surface area contributed by atoms with Gasteiger partial charge in [0.1, 0.15) is 0 Å². The number of hydrogen-bond acceptors (Lipinski definition) is 2. The lowest BCUT2D eigenvalue weighted by molar-refractivity contribution is -0.121. The van der Waals surface area contributed by atoms with Crippen LogP contribution in [0, 0.1) is 11.3 Å². The van der Waals surface area contributed by atoms with Crippen LogP contribution in [0.2, 0.25) is 0 Å². The molecule has 18 heavy (non-hydrogen) atoms. The summed E-state index contributed by atoms with van der Waals surface area (Å²) in [6, 6.07) is 0. The average Bonchev–Trinajstić information content (AvgIpc) is 2.75. The van der Waals surface area contributed by atoms with Crippen LogP contribution in [-0.4, -0.2) is 26.0 Å². The standard InChI is InChI=1S/C15H30N2O/c1-13(2)11-15(8-4-5-9-15)12-17-14(18)7-6-10-16-3/h13,16H,4-12H2,1-3H3,(H,17,18). The van der Waals surface area contributed by atoms with Gasteiger partial charge in [0.15, 0.2) is 0 Å². The molecule has 1 fully saturated rings. The zero-order valence-corrected chi connectivity index (χ0v) is 12.3. The fourth-order valence-corrected chi connectivity index (χ4v) is 3.24. The first-order valence-corrected chi connectivity index (χ1v) is 7.49. The lowest BCUT2D eigenvalue weighted by Gasteiger charge is -2.31. The van der Waals surface area contributed by atoms with Gasteiger partial charge in [0.05, 0.1) is 0 Å². The Morgan fingerprint density at radius 1 is 1.28 bits per heavy atom. The zero-order chi connectivity index (χ0) is 13.4. The van der Waals surface area contributed by atoms with E-state index in [9.17, 15) is 4.79 Å². The van der Waals surface area contributed by atoms with Gasteiger partial charge in [0.25, 0.3) is 0 Å². The summed E-state index contributed by atoms with van der Waals surface area (Å²) < 4.78 is 0. The molecule has 0 atom stereocenters. The molecule has 3 heteroatoms. The fourth-order valence-electron chi connectivity index (χ4n) is 3.24. The summed E-state index contributed by atoms with van der Waals surface area (Å²) in [5.41, 5.74) is 0.396. The predicted molar refractivity (Wildman–Crippen MR) is 76.5 cm³/mol. The van der Waals surface area contributed by atoms with E-state index in [0.29, 0.717) is 11.8 Å². The van der Waals surface area contributed by atoms with E-state index >= 15 is 0 Å². The maximum atomic E-state index is 11.8. The summed E-state index contributed by atoms with van der Waals surface area (Å²) in [4.78, 5) is 11.8. The van der Waals surface area contributed by atoms with Crippen LogP contribution >= 0.6 is 0 Å². The lowest BCUT2D eigenvalue weighted by atomic mass is 9.78. The van der Waals surface area contributed by atoms with Gasteiger partial charge in [0.2, 0.25) is 5.91 Å². The smallest absolute Gasteiger partial charge is 0.220 e. The topological polar surface area (TPSA) is 41.1 Å². The van der Waals surface area contributed by atoms with Crippen molar-refractivity contribution in [2.45, 2.75) is 58.8 Å². The van der Waals surface area contributed by atoms with Crippen molar-refractivity contribution in [2.24, 2.45) is 11.3 Å².